The van der Waals surface area contributed by atoms with Gasteiger partial charge in [-0.3, -0.25) is 0 Å². The fourth-order valence-corrected chi connectivity index (χ4v) is 3.82. The van der Waals surface area contributed by atoms with Crippen molar-refractivity contribution in [3.63, 3.8) is 0 Å². The van der Waals surface area contributed by atoms with E-state index in [9.17, 15) is 0 Å². The van der Waals surface area contributed by atoms with E-state index >= 15 is 0 Å². The van der Waals surface area contributed by atoms with Crippen molar-refractivity contribution in [1.29, 1.82) is 0 Å². The molecular formula is C21H21N5O. The number of pyridine rings is 1. The Morgan fingerprint density at radius 3 is 2.48 bits per heavy atom. The van der Waals surface area contributed by atoms with Crippen LogP contribution in [0, 0.1) is 13.8 Å². The van der Waals surface area contributed by atoms with Gasteiger partial charge in [-0.1, -0.05) is 12.1 Å². The largest absolute Gasteiger partial charge is 0.435 e. The first-order chi connectivity index (χ1) is 13.0. The minimum atomic E-state index is 0.324. The van der Waals surface area contributed by atoms with Crippen LogP contribution in [0.15, 0.2) is 41.1 Å². The van der Waals surface area contributed by atoms with Gasteiger partial charge in [0.05, 0.1) is 12.4 Å². The maximum Gasteiger partial charge on any atom is 0.227 e. The molecule has 6 nitrogen and oxygen atoms in total. The molecule has 27 heavy (non-hydrogen) atoms. The molecule has 5 rings (SSSR count). The summed E-state index contributed by atoms with van der Waals surface area (Å²) >= 11 is 0. The van der Waals surface area contributed by atoms with Gasteiger partial charge in [0.15, 0.2) is 17.2 Å². The number of aromatic nitrogens is 3. The molecule has 0 atom stereocenters. The van der Waals surface area contributed by atoms with Crippen molar-refractivity contribution >= 4 is 39.4 Å². The molecule has 0 saturated heterocycles. The number of fused-ring (bicyclic) bond motifs is 4. The molecular weight excluding hydrogens is 338 g/mol. The van der Waals surface area contributed by atoms with E-state index in [-0.39, 0.29) is 0 Å². The molecule has 136 valence electrons. The van der Waals surface area contributed by atoms with Crippen LogP contribution in [0.25, 0.3) is 22.1 Å². The van der Waals surface area contributed by atoms with Crippen LogP contribution < -0.4 is 9.80 Å². The lowest BCUT2D eigenvalue weighted by atomic mass is 10.1. The van der Waals surface area contributed by atoms with Gasteiger partial charge in [-0.15, -0.1) is 0 Å². The second-order valence-corrected chi connectivity index (χ2v) is 7.35. The normalized spacial score (nSPS) is 14.0. The van der Waals surface area contributed by atoms with E-state index in [1.165, 1.54) is 0 Å². The Hall–Kier alpha value is -3.15. The molecule has 0 unspecified atom stereocenters. The molecule has 0 bridgehead atoms. The molecule has 4 heterocycles. The molecule has 1 aliphatic heterocycles. The summed E-state index contributed by atoms with van der Waals surface area (Å²) in [7, 11) is 0. The average Bonchev–Trinajstić information content (AvgIpc) is 3.20. The highest BCUT2D eigenvalue weighted by Gasteiger charge is 2.33. The fraction of sp³-hybridized carbons (Fsp3) is 0.286. The predicted octanol–water partition coefficient (Wildman–Crippen LogP) is 4.71. The summed E-state index contributed by atoms with van der Waals surface area (Å²) in [6, 6.07) is 8.69. The number of anilines is 3. The van der Waals surface area contributed by atoms with Gasteiger partial charge in [0.2, 0.25) is 5.71 Å². The Kier molecular flexibility index (Phi) is 3.37. The monoisotopic (exact) mass is 359 g/mol. The van der Waals surface area contributed by atoms with Crippen molar-refractivity contribution in [3.8, 4) is 0 Å². The van der Waals surface area contributed by atoms with E-state index in [0.717, 1.165) is 44.9 Å². The van der Waals surface area contributed by atoms with Gasteiger partial charge in [-0.2, -0.15) is 0 Å². The first-order valence-corrected chi connectivity index (χ1v) is 9.19. The summed E-state index contributed by atoms with van der Waals surface area (Å²) in [6.07, 6.45) is 3.49. The van der Waals surface area contributed by atoms with Crippen molar-refractivity contribution in [2.24, 2.45) is 0 Å². The second kappa shape index (κ2) is 5.67. The van der Waals surface area contributed by atoms with E-state index in [1.807, 2.05) is 13.0 Å². The third-order valence-electron chi connectivity index (χ3n) is 5.20. The lowest BCUT2D eigenvalue weighted by molar-refractivity contribution is 0.649. The summed E-state index contributed by atoms with van der Waals surface area (Å²) in [5, 5.41) is 2.11. The molecule has 0 radical (unpaired) electrons. The molecule has 4 aromatic rings. The number of rotatable bonds is 2. The number of furan rings is 1. The van der Waals surface area contributed by atoms with Gasteiger partial charge in [-0.05, 0) is 45.4 Å². The van der Waals surface area contributed by atoms with Crippen molar-refractivity contribution in [1.82, 2.24) is 15.0 Å². The van der Waals surface area contributed by atoms with Crippen LogP contribution in [0.4, 0.5) is 17.3 Å². The summed E-state index contributed by atoms with van der Waals surface area (Å²) in [4.78, 5) is 18.2. The number of benzene rings is 1. The van der Waals surface area contributed by atoms with E-state index in [0.29, 0.717) is 18.4 Å². The zero-order valence-corrected chi connectivity index (χ0v) is 15.9. The molecule has 1 aromatic carbocycles. The van der Waals surface area contributed by atoms with Gasteiger partial charge in [0, 0.05) is 34.9 Å². The van der Waals surface area contributed by atoms with Crippen LogP contribution in [0.1, 0.15) is 25.1 Å². The smallest absolute Gasteiger partial charge is 0.227 e. The highest BCUT2D eigenvalue weighted by Crippen LogP contribution is 2.44. The average molecular weight is 359 g/mol. The molecule has 6 heteroatoms. The first kappa shape index (κ1) is 16.1. The van der Waals surface area contributed by atoms with Crippen molar-refractivity contribution in [3.05, 3.63) is 47.9 Å². The Morgan fingerprint density at radius 1 is 0.963 bits per heavy atom. The van der Waals surface area contributed by atoms with Crippen molar-refractivity contribution in [2.45, 2.75) is 33.7 Å². The summed E-state index contributed by atoms with van der Waals surface area (Å²) in [5.41, 5.74) is 4.65. The highest BCUT2D eigenvalue weighted by atomic mass is 16.3. The molecule has 0 fully saturated rings. The van der Waals surface area contributed by atoms with E-state index in [4.69, 9.17) is 4.42 Å². The first-order valence-electron chi connectivity index (χ1n) is 9.19. The minimum absolute atomic E-state index is 0.324. The van der Waals surface area contributed by atoms with Gasteiger partial charge < -0.3 is 14.2 Å². The summed E-state index contributed by atoms with van der Waals surface area (Å²) < 4.78 is 6.25. The SMILES string of the molecule is Cc1ccc2c(n1)oc1c(N3CN(C(C)C)c4nccnc43)c(C)ccc12. The quantitative estimate of drug-likeness (QED) is 0.516. The van der Waals surface area contributed by atoms with Crippen LogP contribution in [-0.4, -0.2) is 27.7 Å². The van der Waals surface area contributed by atoms with Crippen LogP contribution in [0.3, 0.4) is 0 Å². The van der Waals surface area contributed by atoms with Gasteiger partial charge in [0.1, 0.15) is 0 Å². The zero-order chi connectivity index (χ0) is 18.7. The molecule has 3 aromatic heterocycles. The Morgan fingerprint density at radius 2 is 1.70 bits per heavy atom. The molecule has 0 spiro atoms. The predicted molar refractivity (Wildman–Crippen MR) is 108 cm³/mol. The summed E-state index contributed by atoms with van der Waals surface area (Å²) in [5.74, 6) is 1.78. The third kappa shape index (κ3) is 2.29. The number of hydrogen-bond donors (Lipinski definition) is 0. The Bertz CT molecular complexity index is 1180. The van der Waals surface area contributed by atoms with Crippen molar-refractivity contribution < 1.29 is 4.42 Å². The summed E-state index contributed by atoms with van der Waals surface area (Å²) in [6.45, 7) is 9.12. The van der Waals surface area contributed by atoms with Gasteiger partial charge in [0.25, 0.3) is 0 Å². The van der Waals surface area contributed by atoms with Crippen molar-refractivity contribution in [2.75, 3.05) is 16.5 Å². The standard InChI is InChI=1S/C21H21N5O/c1-12(2)25-11-26(20-19(25)22-9-10-23-20)17-13(3)5-7-15-16-8-6-14(4)24-21(16)27-18(15)17/h5-10,12H,11H2,1-4H3. The lowest BCUT2D eigenvalue weighted by Gasteiger charge is -2.24. The third-order valence-corrected chi connectivity index (χ3v) is 5.20. The van der Waals surface area contributed by atoms with Gasteiger partial charge >= 0.3 is 0 Å². The lowest BCUT2D eigenvalue weighted by Crippen LogP contribution is -2.34. The number of nitrogens with zero attached hydrogens (tertiary/aromatic N) is 5. The van der Waals surface area contributed by atoms with E-state index in [2.05, 4.69) is 63.7 Å². The molecule has 1 aliphatic rings. The van der Waals surface area contributed by atoms with Crippen LogP contribution in [0.5, 0.6) is 0 Å². The second-order valence-electron chi connectivity index (χ2n) is 7.35. The fourth-order valence-electron chi connectivity index (χ4n) is 3.82. The molecule has 0 amide bonds. The topological polar surface area (TPSA) is 58.3 Å². The molecule has 0 N–H and O–H groups in total. The highest BCUT2D eigenvalue weighted by molar-refractivity contribution is 6.09. The minimum Gasteiger partial charge on any atom is -0.435 e. The number of aryl methyl sites for hydroxylation is 2. The zero-order valence-electron chi connectivity index (χ0n) is 15.9. The maximum atomic E-state index is 6.25. The van der Waals surface area contributed by atoms with Crippen LogP contribution >= 0.6 is 0 Å². The Labute approximate surface area is 157 Å². The van der Waals surface area contributed by atoms with Gasteiger partial charge in [-0.25, -0.2) is 15.0 Å². The molecule has 0 saturated carbocycles. The van der Waals surface area contributed by atoms with Crippen LogP contribution in [-0.2, 0) is 0 Å². The number of hydrogen-bond acceptors (Lipinski definition) is 6. The van der Waals surface area contributed by atoms with Crippen LogP contribution in [0.2, 0.25) is 0 Å². The Balaban J connectivity index is 1.78. The van der Waals surface area contributed by atoms with E-state index < -0.39 is 0 Å². The molecule has 0 aliphatic carbocycles. The van der Waals surface area contributed by atoms with E-state index in [1.54, 1.807) is 12.4 Å². The maximum absolute atomic E-state index is 6.25.